The molecule has 0 heterocycles. The Balaban J connectivity index is 2.37. The van der Waals surface area contributed by atoms with Crippen molar-refractivity contribution in [1.82, 2.24) is 5.32 Å². The van der Waals surface area contributed by atoms with Crippen LogP contribution in [0.2, 0.25) is 0 Å². The number of benzene rings is 2. The highest BCUT2D eigenvalue weighted by Gasteiger charge is 2.10. The Morgan fingerprint density at radius 2 is 2.00 bits per heavy atom. The van der Waals surface area contributed by atoms with E-state index in [0.717, 1.165) is 17.2 Å². The summed E-state index contributed by atoms with van der Waals surface area (Å²) in [6.45, 7) is 4.02. The summed E-state index contributed by atoms with van der Waals surface area (Å²) < 4.78 is 14.3. The van der Waals surface area contributed by atoms with E-state index in [0.29, 0.717) is 17.8 Å². The van der Waals surface area contributed by atoms with Crippen molar-refractivity contribution >= 4 is 11.6 Å². The summed E-state index contributed by atoms with van der Waals surface area (Å²) in [5.41, 5.74) is 2.78. The number of anilines is 1. The van der Waals surface area contributed by atoms with Crippen LogP contribution in [-0.4, -0.2) is 13.0 Å². The Labute approximate surface area is 123 Å². The molecule has 0 bridgehead atoms. The normalized spacial score (nSPS) is 10.2. The highest BCUT2D eigenvalue weighted by Crippen LogP contribution is 2.28. The Morgan fingerprint density at radius 3 is 2.67 bits per heavy atom. The van der Waals surface area contributed by atoms with Gasteiger partial charge in [0.25, 0.3) is 0 Å². The average Bonchev–Trinajstić information content (AvgIpc) is 2.48. The van der Waals surface area contributed by atoms with Crippen molar-refractivity contribution in [3.8, 4) is 11.1 Å². The number of nitrogens with one attached hydrogen (secondary N) is 2. The molecule has 0 fully saturated rings. The van der Waals surface area contributed by atoms with E-state index in [1.165, 1.54) is 6.07 Å². The number of carbonyl (C=O) groups is 1. The summed E-state index contributed by atoms with van der Waals surface area (Å²) in [7, 11) is 1.85. The average molecular weight is 284 g/mol. The number of amides is 1. The van der Waals surface area contributed by atoms with Gasteiger partial charge in [-0.1, -0.05) is 30.8 Å². The van der Waals surface area contributed by atoms with E-state index in [1.807, 2.05) is 31.3 Å². The van der Waals surface area contributed by atoms with Gasteiger partial charge in [0.15, 0.2) is 0 Å². The van der Waals surface area contributed by atoms with Crippen LogP contribution in [0.25, 0.3) is 11.1 Å². The van der Waals surface area contributed by atoms with Crippen molar-refractivity contribution in [2.24, 2.45) is 0 Å². The lowest BCUT2D eigenvalue weighted by Gasteiger charge is -2.11. The predicted molar refractivity (Wildman–Crippen MR) is 83.4 cm³/mol. The molecule has 2 N–H and O–H groups in total. The zero-order valence-corrected chi connectivity index (χ0v) is 11.8. The van der Waals surface area contributed by atoms with E-state index >= 15 is 0 Å². The van der Waals surface area contributed by atoms with Gasteiger partial charge < -0.3 is 10.6 Å². The summed E-state index contributed by atoms with van der Waals surface area (Å²) >= 11 is 0. The summed E-state index contributed by atoms with van der Waals surface area (Å²) in [5.74, 6) is -0.738. The van der Waals surface area contributed by atoms with Gasteiger partial charge in [-0.25, -0.2) is 4.39 Å². The van der Waals surface area contributed by atoms with E-state index < -0.39 is 0 Å². The monoisotopic (exact) mass is 284 g/mol. The molecular weight excluding hydrogens is 267 g/mol. The third kappa shape index (κ3) is 3.55. The number of halogens is 1. The first-order chi connectivity index (χ1) is 10.2. The maximum atomic E-state index is 14.3. The van der Waals surface area contributed by atoms with Crippen LogP contribution in [0.4, 0.5) is 10.1 Å². The molecule has 3 nitrogen and oxygen atoms in total. The number of rotatable bonds is 5. The fourth-order valence-corrected chi connectivity index (χ4v) is 2.13. The SMILES string of the molecule is C=CC(=O)Nc1ccc(-c2ccccc2CNC)c(F)c1. The van der Waals surface area contributed by atoms with Crippen molar-refractivity contribution in [3.63, 3.8) is 0 Å². The fourth-order valence-electron chi connectivity index (χ4n) is 2.13. The predicted octanol–water partition coefficient (Wildman–Crippen LogP) is 3.34. The Hall–Kier alpha value is -2.46. The lowest BCUT2D eigenvalue weighted by molar-refractivity contribution is -0.111. The summed E-state index contributed by atoms with van der Waals surface area (Å²) in [6.07, 6.45) is 1.15. The topological polar surface area (TPSA) is 41.1 Å². The van der Waals surface area contributed by atoms with E-state index in [9.17, 15) is 9.18 Å². The van der Waals surface area contributed by atoms with Crippen molar-refractivity contribution < 1.29 is 9.18 Å². The number of hydrogen-bond acceptors (Lipinski definition) is 2. The zero-order valence-electron chi connectivity index (χ0n) is 11.8. The summed E-state index contributed by atoms with van der Waals surface area (Å²) in [5, 5.41) is 5.61. The van der Waals surface area contributed by atoms with Crippen LogP contribution in [-0.2, 0) is 11.3 Å². The van der Waals surface area contributed by atoms with Crippen molar-refractivity contribution in [1.29, 1.82) is 0 Å². The van der Waals surface area contributed by atoms with Gasteiger partial charge in [0, 0.05) is 17.8 Å². The maximum absolute atomic E-state index is 14.3. The van der Waals surface area contributed by atoms with E-state index in [1.54, 1.807) is 12.1 Å². The van der Waals surface area contributed by atoms with Crippen molar-refractivity contribution in [2.75, 3.05) is 12.4 Å². The number of hydrogen-bond donors (Lipinski definition) is 2. The molecule has 4 heteroatoms. The van der Waals surface area contributed by atoms with Gasteiger partial charge >= 0.3 is 0 Å². The van der Waals surface area contributed by atoms with Crippen LogP contribution in [0, 0.1) is 5.82 Å². The Kier molecular flexibility index (Phi) is 4.85. The molecular formula is C17H17FN2O. The standard InChI is InChI=1S/C17H17FN2O/c1-3-17(21)20-13-8-9-15(16(18)10-13)14-7-5-4-6-12(14)11-19-2/h3-10,19H,1,11H2,2H3,(H,20,21). The molecule has 0 spiro atoms. The minimum Gasteiger partial charge on any atom is -0.322 e. The molecule has 0 aliphatic heterocycles. The first-order valence-electron chi connectivity index (χ1n) is 6.61. The molecule has 0 unspecified atom stereocenters. The summed E-state index contributed by atoms with van der Waals surface area (Å²) in [6, 6.07) is 12.3. The Morgan fingerprint density at radius 1 is 1.24 bits per heavy atom. The second kappa shape index (κ2) is 6.81. The quantitative estimate of drug-likeness (QED) is 0.827. The summed E-state index contributed by atoms with van der Waals surface area (Å²) in [4.78, 5) is 11.2. The molecule has 0 aliphatic rings. The molecule has 0 aliphatic carbocycles. The fraction of sp³-hybridized carbons (Fsp3) is 0.118. The Bertz CT molecular complexity index is 668. The molecule has 2 aromatic rings. The third-order valence-electron chi connectivity index (χ3n) is 3.10. The molecule has 0 radical (unpaired) electrons. The highest BCUT2D eigenvalue weighted by molar-refractivity contribution is 5.99. The first kappa shape index (κ1) is 14.9. The van der Waals surface area contributed by atoms with Gasteiger partial charge in [-0.2, -0.15) is 0 Å². The molecule has 2 rings (SSSR count). The lowest BCUT2D eigenvalue weighted by atomic mass is 9.99. The third-order valence-corrected chi connectivity index (χ3v) is 3.10. The molecule has 2 aromatic carbocycles. The maximum Gasteiger partial charge on any atom is 0.247 e. The zero-order chi connectivity index (χ0) is 15.2. The van der Waals surface area contributed by atoms with Gasteiger partial charge in [0.1, 0.15) is 5.82 Å². The second-order valence-electron chi connectivity index (χ2n) is 4.58. The smallest absolute Gasteiger partial charge is 0.247 e. The van der Waals surface area contributed by atoms with Gasteiger partial charge in [0.2, 0.25) is 5.91 Å². The molecule has 0 aromatic heterocycles. The molecule has 1 amide bonds. The van der Waals surface area contributed by atoms with Gasteiger partial charge in [-0.15, -0.1) is 0 Å². The molecule has 0 saturated heterocycles. The van der Waals surface area contributed by atoms with Crippen LogP contribution in [0.5, 0.6) is 0 Å². The van der Waals surface area contributed by atoms with Gasteiger partial charge in [-0.05, 0) is 42.4 Å². The molecule has 0 saturated carbocycles. The minimum absolute atomic E-state index is 0.363. The van der Waals surface area contributed by atoms with Crippen LogP contribution in [0.15, 0.2) is 55.1 Å². The van der Waals surface area contributed by atoms with Crippen LogP contribution in [0.1, 0.15) is 5.56 Å². The van der Waals surface area contributed by atoms with Crippen LogP contribution in [0.3, 0.4) is 0 Å². The minimum atomic E-state index is -0.375. The van der Waals surface area contributed by atoms with Gasteiger partial charge in [0.05, 0.1) is 0 Å². The van der Waals surface area contributed by atoms with Crippen molar-refractivity contribution in [3.05, 3.63) is 66.5 Å². The molecule has 21 heavy (non-hydrogen) atoms. The van der Waals surface area contributed by atoms with Crippen LogP contribution < -0.4 is 10.6 Å². The largest absolute Gasteiger partial charge is 0.322 e. The highest BCUT2D eigenvalue weighted by atomic mass is 19.1. The molecule has 108 valence electrons. The van der Waals surface area contributed by atoms with E-state index in [2.05, 4.69) is 17.2 Å². The van der Waals surface area contributed by atoms with Crippen molar-refractivity contribution in [2.45, 2.75) is 6.54 Å². The van der Waals surface area contributed by atoms with Crippen LogP contribution >= 0.6 is 0 Å². The first-order valence-corrected chi connectivity index (χ1v) is 6.61. The van der Waals surface area contributed by atoms with E-state index in [-0.39, 0.29) is 11.7 Å². The lowest BCUT2D eigenvalue weighted by Crippen LogP contribution is -2.08. The molecule has 0 atom stereocenters. The second-order valence-corrected chi connectivity index (χ2v) is 4.58. The number of carbonyl (C=O) groups excluding carboxylic acids is 1. The van der Waals surface area contributed by atoms with E-state index in [4.69, 9.17) is 0 Å². The van der Waals surface area contributed by atoms with Gasteiger partial charge in [-0.3, -0.25) is 4.79 Å².